The van der Waals surface area contributed by atoms with E-state index in [0.29, 0.717) is 5.82 Å². The summed E-state index contributed by atoms with van der Waals surface area (Å²) < 4.78 is 0. The van der Waals surface area contributed by atoms with Crippen molar-refractivity contribution in [2.24, 2.45) is 5.92 Å². The van der Waals surface area contributed by atoms with Crippen LogP contribution in [0.25, 0.3) is 0 Å². The minimum atomic E-state index is -0.557. The third-order valence-corrected chi connectivity index (χ3v) is 4.95. The zero-order valence-corrected chi connectivity index (χ0v) is 14.3. The molecule has 0 spiro atoms. The predicted molar refractivity (Wildman–Crippen MR) is 93.9 cm³/mol. The van der Waals surface area contributed by atoms with Gasteiger partial charge in [0, 0.05) is 19.0 Å². The molecule has 2 fully saturated rings. The molecule has 1 atom stereocenters. The number of carbonyl (C=O) groups is 2. The van der Waals surface area contributed by atoms with Crippen LogP contribution in [0, 0.1) is 5.92 Å². The average Bonchev–Trinajstić information content (AvgIpc) is 3.29. The highest BCUT2D eigenvalue weighted by Crippen LogP contribution is 2.24. The maximum Gasteiger partial charge on any atom is 0.247 e. The molecule has 2 heterocycles. The molecule has 0 bridgehead atoms. The molecule has 1 saturated carbocycles. The Balaban J connectivity index is 1.50. The topological polar surface area (TPSA) is 74.3 Å². The first-order valence-electron chi connectivity index (χ1n) is 8.96. The van der Waals surface area contributed by atoms with Crippen molar-refractivity contribution in [3.05, 3.63) is 18.3 Å². The molecule has 1 saturated heterocycles. The summed E-state index contributed by atoms with van der Waals surface area (Å²) >= 11 is 0. The maximum absolute atomic E-state index is 12.2. The second kappa shape index (κ2) is 7.64. The first kappa shape index (κ1) is 16.7. The Kier molecular flexibility index (Phi) is 5.33. The van der Waals surface area contributed by atoms with Crippen LogP contribution in [0.4, 0.5) is 11.5 Å². The minimum absolute atomic E-state index is 0.00695. The lowest BCUT2D eigenvalue weighted by atomic mass is 10.1. The van der Waals surface area contributed by atoms with Crippen LogP contribution in [0.2, 0.25) is 0 Å². The molecule has 0 aromatic carbocycles. The molecule has 1 aromatic rings. The van der Waals surface area contributed by atoms with Gasteiger partial charge in [0.2, 0.25) is 11.8 Å². The van der Waals surface area contributed by atoms with Crippen LogP contribution in [0.5, 0.6) is 0 Å². The van der Waals surface area contributed by atoms with Gasteiger partial charge in [-0.25, -0.2) is 4.98 Å². The number of nitrogens with zero attached hydrogens (tertiary/aromatic N) is 2. The van der Waals surface area contributed by atoms with Crippen LogP contribution in [0.1, 0.15) is 45.4 Å². The third kappa shape index (κ3) is 4.04. The van der Waals surface area contributed by atoms with E-state index in [-0.39, 0.29) is 17.7 Å². The van der Waals surface area contributed by atoms with Crippen LogP contribution < -0.4 is 15.5 Å². The highest BCUT2D eigenvalue weighted by atomic mass is 16.2. The van der Waals surface area contributed by atoms with Crippen LogP contribution >= 0.6 is 0 Å². The monoisotopic (exact) mass is 330 g/mol. The molecule has 0 radical (unpaired) electrons. The van der Waals surface area contributed by atoms with Crippen LogP contribution in [0.3, 0.4) is 0 Å². The molecule has 130 valence electrons. The number of nitrogens with one attached hydrogen (secondary N) is 2. The molecular formula is C18H26N4O2. The smallest absolute Gasteiger partial charge is 0.247 e. The number of anilines is 2. The highest BCUT2D eigenvalue weighted by molar-refractivity contribution is 5.96. The quantitative estimate of drug-likeness (QED) is 0.869. The Labute approximate surface area is 143 Å². The SMILES string of the molecule is C[C@@H](NC(=O)C1CCCC1)C(=O)Nc1ccc(N2CCCC2)cn1. The molecule has 1 aromatic heterocycles. The third-order valence-electron chi connectivity index (χ3n) is 4.95. The Hall–Kier alpha value is -2.11. The second-order valence-electron chi connectivity index (χ2n) is 6.80. The van der Waals surface area contributed by atoms with Gasteiger partial charge in [-0.1, -0.05) is 12.8 Å². The van der Waals surface area contributed by atoms with Gasteiger partial charge in [-0.2, -0.15) is 0 Å². The average molecular weight is 330 g/mol. The van der Waals surface area contributed by atoms with E-state index in [2.05, 4.69) is 20.5 Å². The van der Waals surface area contributed by atoms with E-state index in [1.54, 1.807) is 13.1 Å². The summed E-state index contributed by atoms with van der Waals surface area (Å²) in [5.74, 6) is 0.346. The maximum atomic E-state index is 12.2. The van der Waals surface area contributed by atoms with Crippen LogP contribution in [0.15, 0.2) is 18.3 Å². The number of rotatable bonds is 5. The van der Waals surface area contributed by atoms with Crippen molar-refractivity contribution in [1.29, 1.82) is 0 Å². The Bertz CT molecular complexity index is 575. The number of aromatic nitrogens is 1. The zero-order valence-electron chi connectivity index (χ0n) is 14.3. The molecule has 6 nitrogen and oxygen atoms in total. The number of hydrogen-bond donors (Lipinski definition) is 2. The van der Waals surface area contributed by atoms with Crippen molar-refractivity contribution in [3.63, 3.8) is 0 Å². The summed E-state index contributed by atoms with van der Waals surface area (Å²) in [4.78, 5) is 30.9. The molecule has 2 N–H and O–H groups in total. The summed E-state index contributed by atoms with van der Waals surface area (Å²) in [5, 5.41) is 5.58. The lowest BCUT2D eigenvalue weighted by Gasteiger charge is -2.18. The molecule has 3 rings (SSSR count). The predicted octanol–water partition coefficient (Wildman–Crippen LogP) is 2.32. The highest BCUT2D eigenvalue weighted by Gasteiger charge is 2.25. The van der Waals surface area contributed by atoms with E-state index in [0.717, 1.165) is 44.5 Å². The van der Waals surface area contributed by atoms with Gasteiger partial charge in [-0.3, -0.25) is 9.59 Å². The van der Waals surface area contributed by atoms with Gasteiger partial charge in [0.25, 0.3) is 0 Å². The number of pyridine rings is 1. The standard InChI is InChI=1S/C18H26N4O2/c1-13(20-18(24)14-6-2-3-7-14)17(23)21-16-9-8-15(12-19-16)22-10-4-5-11-22/h8-9,12-14H,2-7,10-11H2,1H3,(H,20,24)(H,19,21,23)/t13-/m1/s1. The zero-order chi connectivity index (χ0) is 16.9. The molecular weight excluding hydrogens is 304 g/mol. The van der Waals surface area contributed by atoms with Gasteiger partial charge in [-0.15, -0.1) is 0 Å². The first-order chi connectivity index (χ1) is 11.6. The van der Waals surface area contributed by atoms with Crippen molar-refractivity contribution in [1.82, 2.24) is 10.3 Å². The normalized spacial score (nSPS) is 19.3. The molecule has 0 unspecified atom stereocenters. The molecule has 24 heavy (non-hydrogen) atoms. The van der Waals surface area contributed by atoms with Gasteiger partial charge in [-0.05, 0) is 44.7 Å². The molecule has 2 amide bonds. The number of carbonyl (C=O) groups excluding carboxylic acids is 2. The second-order valence-corrected chi connectivity index (χ2v) is 6.80. The van der Waals surface area contributed by atoms with Crippen molar-refractivity contribution in [3.8, 4) is 0 Å². The van der Waals surface area contributed by atoms with Crippen molar-refractivity contribution >= 4 is 23.3 Å². The van der Waals surface area contributed by atoms with Crippen LogP contribution in [-0.2, 0) is 9.59 Å². The fourth-order valence-corrected chi connectivity index (χ4v) is 3.44. The lowest BCUT2D eigenvalue weighted by Crippen LogP contribution is -2.43. The summed E-state index contributed by atoms with van der Waals surface area (Å²) in [6.07, 6.45) is 8.30. The van der Waals surface area contributed by atoms with E-state index < -0.39 is 6.04 Å². The van der Waals surface area contributed by atoms with Gasteiger partial charge < -0.3 is 15.5 Å². The molecule has 6 heteroatoms. The first-order valence-corrected chi connectivity index (χ1v) is 8.96. The lowest BCUT2D eigenvalue weighted by molar-refractivity contribution is -0.128. The van der Waals surface area contributed by atoms with Crippen LogP contribution in [-0.4, -0.2) is 35.9 Å². The van der Waals surface area contributed by atoms with Crippen molar-refractivity contribution in [2.75, 3.05) is 23.3 Å². The summed E-state index contributed by atoms with van der Waals surface area (Å²) in [6.45, 7) is 3.84. The Morgan fingerprint density at radius 1 is 1.17 bits per heavy atom. The van der Waals surface area contributed by atoms with E-state index >= 15 is 0 Å². The number of amides is 2. The van der Waals surface area contributed by atoms with E-state index in [9.17, 15) is 9.59 Å². The molecule has 2 aliphatic rings. The minimum Gasteiger partial charge on any atom is -0.370 e. The van der Waals surface area contributed by atoms with Crippen molar-refractivity contribution < 1.29 is 9.59 Å². The van der Waals surface area contributed by atoms with Gasteiger partial charge >= 0.3 is 0 Å². The summed E-state index contributed by atoms with van der Waals surface area (Å²) in [7, 11) is 0. The molecule has 1 aliphatic heterocycles. The summed E-state index contributed by atoms with van der Waals surface area (Å²) in [5.41, 5.74) is 1.09. The van der Waals surface area contributed by atoms with E-state index in [1.165, 1.54) is 12.8 Å². The van der Waals surface area contributed by atoms with E-state index in [1.807, 2.05) is 12.1 Å². The van der Waals surface area contributed by atoms with Gasteiger partial charge in [0.15, 0.2) is 0 Å². The fraction of sp³-hybridized carbons (Fsp3) is 0.611. The Morgan fingerprint density at radius 2 is 1.88 bits per heavy atom. The largest absolute Gasteiger partial charge is 0.370 e. The van der Waals surface area contributed by atoms with Crippen molar-refractivity contribution in [2.45, 2.75) is 51.5 Å². The van der Waals surface area contributed by atoms with E-state index in [4.69, 9.17) is 0 Å². The van der Waals surface area contributed by atoms with Gasteiger partial charge in [0.1, 0.15) is 11.9 Å². The number of hydrogen-bond acceptors (Lipinski definition) is 4. The van der Waals surface area contributed by atoms with Gasteiger partial charge in [0.05, 0.1) is 11.9 Å². The Morgan fingerprint density at radius 3 is 2.50 bits per heavy atom. The molecule has 1 aliphatic carbocycles. The summed E-state index contributed by atoms with van der Waals surface area (Å²) in [6, 6.07) is 3.24. The fourth-order valence-electron chi connectivity index (χ4n) is 3.44.